The van der Waals surface area contributed by atoms with Crippen molar-refractivity contribution in [3.8, 4) is 5.88 Å². The van der Waals surface area contributed by atoms with Crippen LogP contribution in [0, 0.1) is 5.92 Å². The van der Waals surface area contributed by atoms with Crippen LogP contribution in [0.1, 0.15) is 38.3 Å². The van der Waals surface area contributed by atoms with Crippen molar-refractivity contribution in [2.24, 2.45) is 5.92 Å². The predicted octanol–water partition coefficient (Wildman–Crippen LogP) is 2.76. The number of rotatable bonds is 4. The molecule has 1 aliphatic rings. The third-order valence-electron chi connectivity index (χ3n) is 3.65. The molecular formula is C14H22N2O. The summed E-state index contributed by atoms with van der Waals surface area (Å²) in [5, 5.41) is 3.62. The van der Waals surface area contributed by atoms with E-state index < -0.39 is 0 Å². The van der Waals surface area contributed by atoms with E-state index in [1.54, 1.807) is 7.11 Å². The van der Waals surface area contributed by atoms with Gasteiger partial charge in [0, 0.05) is 18.7 Å². The standard InChI is InChI=1S/C14H22N2O/c1-11-6-3-4-8-13(11)15-10-12-7-5-9-14(16-12)17-2/h5,7,9,11,13,15H,3-4,6,8,10H2,1-2H3. The van der Waals surface area contributed by atoms with Crippen molar-refractivity contribution in [1.82, 2.24) is 10.3 Å². The first-order chi connectivity index (χ1) is 8.29. The van der Waals surface area contributed by atoms with E-state index in [-0.39, 0.29) is 0 Å². The summed E-state index contributed by atoms with van der Waals surface area (Å²) < 4.78 is 5.13. The van der Waals surface area contributed by atoms with Crippen LogP contribution in [0.5, 0.6) is 5.88 Å². The molecule has 0 aliphatic heterocycles. The average molecular weight is 234 g/mol. The van der Waals surface area contributed by atoms with Crippen LogP contribution in [0.3, 0.4) is 0 Å². The lowest BCUT2D eigenvalue weighted by molar-refractivity contribution is 0.278. The quantitative estimate of drug-likeness (QED) is 0.870. The van der Waals surface area contributed by atoms with Crippen LogP contribution in [-0.2, 0) is 6.54 Å². The number of aromatic nitrogens is 1. The van der Waals surface area contributed by atoms with Gasteiger partial charge in [0.1, 0.15) is 0 Å². The first kappa shape index (κ1) is 12.4. The first-order valence-corrected chi connectivity index (χ1v) is 6.53. The molecule has 0 amide bonds. The largest absolute Gasteiger partial charge is 0.481 e. The molecule has 0 aromatic carbocycles. The molecule has 3 heteroatoms. The summed E-state index contributed by atoms with van der Waals surface area (Å²) in [5.41, 5.74) is 1.06. The van der Waals surface area contributed by atoms with Gasteiger partial charge in [-0.3, -0.25) is 0 Å². The molecule has 1 aromatic heterocycles. The van der Waals surface area contributed by atoms with Crippen LogP contribution in [0.4, 0.5) is 0 Å². The third-order valence-corrected chi connectivity index (χ3v) is 3.65. The van der Waals surface area contributed by atoms with Crippen LogP contribution in [0.15, 0.2) is 18.2 Å². The molecule has 0 spiro atoms. The minimum Gasteiger partial charge on any atom is -0.481 e. The first-order valence-electron chi connectivity index (χ1n) is 6.53. The molecule has 17 heavy (non-hydrogen) atoms. The smallest absolute Gasteiger partial charge is 0.213 e. The van der Waals surface area contributed by atoms with E-state index in [4.69, 9.17) is 4.74 Å². The normalized spacial score (nSPS) is 24.6. The monoisotopic (exact) mass is 234 g/mol. The highest BCUT2D eigenvalue weighted by Crippen LogP contribution is 2.23. The van der Waals surface area contributed by atoms with Crippen LogP contribution < -0.4 is 10.1 Å². The summed E-state index contributed by atoms with van der Waals surface area (Å²) in [7, 11) is 1.66. The third kappa shape index (κ3) is 3.43. The molecule has 2 atom stereocenters. The minimum absolute atomic E-state index is 0.650. The van der Waals surface area contributed by atoms with E-state index in [2.05, 4.69) is 17.2 Å². The summed E-state index contributed by atoms with van der Waals surface area (Å²) in [6.07, 6.45) is 5.39. The van der Waals surface area contributed by atoms with Crippen LogP contribution in [-0.4, -0.2) is 18.1 Å². The molecule has 3 nitrogen and oxygen atoms in total. The summed E-state index contributed by atoms with van der Waals surface area (Å²) in [5.74, 6) is 1.48. The lowest BCUT2D eigenvalue weighted by Crippen LogP contribution is -2.36. The van der Waals surface area contributed by atoms with Gasteiger partial charge in [-0.05, 0) is 24.8 Å². The Morgan fingerprint density at radius 2 is 2.18 bits per heavy atom. The fourth-order valence-electron chi connectivity index (χ4n) is 2.52. The highest BCUT2D eigenvalue weighted by Gasteiger charge is 2.20. The summed E-state index contributed by atoms with van der Waals surface area (Å²) in [6.45, 7) is 3.18. The molecule has 2 rings (SSSR count). The molecule has 1 fully saturated rings. The molecule has 0 bridgehead atoms. The van der Waals surface area contributed by atoms with E-state index in [9.17, 15) is 0 Å². The number of methoxy groups -OCH3 is 1. The second-order valence-corrected chi connectivity index (χ2v) is 4.92. The van der Waals surface area contributed by atoms with Gasteiger partial charge in [0.15, 0.2) is 0 Å². The van der Waals surface area contributed by atoms with Gasteiger partial charge < -0.3 is 10.1 Å². The zero-order valence-corrected chi connectivity index (χ0v) is 10.8. The number of pyridine rings is 1. The number of nitrogens with one attached hydrogen (secondary N) is 1. The van der Waals surface area contributed by atoms with Gasteiger partial charge in [0.2, 0.25) is 5.88 Å². The van der Waals surface area contributed by atoms with Crippen molar-refractivity contribution in [3.63, 3.8) is 0 Å². The maximum absolute atomic E-state index is 5.13. The molecular weight excluding hydrogens is 212 g/mol. The van der Waals surface area contributed by atoms with E-state index in [0.717, 1.165) is 18.2 Å². The Morgan fingerprint density at radius 1 is 1.35 bits per heavy atom. The van der Waals surface area contributed by atoms with Gasteiger partial charge in [-0.15, -0.1) is 0 Å². The Bertz CT molecular complexity index is 354. The number of hydrogen-bond acceptors (Lipinski definition) is 3. The van der Waals surface area contributed by atoms with Crippen molar-refractivity contribution in [2.75, 3.05) is 7.11 Å². The van der Waals surface area contributed by atoms with Crippen molar-refractivity contribution in [1.29, 1.82) is 0 Å². The van der Waals surface area contributed by atoms with Crippen molar-refractivity contribution >= 4 is 0 Å². The van der Waals surface area contributed by atoms with Gasteiger partial charge in [0.05, 0.1) is 12.8 Å². The van der Waals surface area contributed by atoms with E-state index in [1.807, 2.05) is 18.2 Å². The second-order valence-electron chi connectivity index (χ2n) is 4.92. The molecule has 1 saturated carbocycles. The Hall–Kier alpha value is -1.09. The van der Waals surface area contributed by atoms with Crippen molar-refractivity contribution < 1.29 is 4.74 Å². The Balaban J connectivity index is 1.88. The maximum atomic E-state index is 5.13. The SMILES string of the molecule is COc1cccc(CNC2CCCCC2C)n1. The maximum Gasteiger partial charge on any atom is 0.213 e. The predicted molar refractivity (Wildman–Crippen MR) is 69.0 cm³/mol. The average Bonchev–Trinajstić information content (AvgIpc) is 2.38. The van der Waals surface area contributed by atoms with Gasteiger partial charge >= 0.3 is 0 Å². The van der Waals surface area contributed by atoms with E-state index in [1.165, 1.54) is 25.7 Å². The van der Waals surface area contributed by atoms with Gasteiger partial charge in [-0.2, -0.15) is 0 Å². The van der Waals surface area contributed by atoms with Crippen molar-refractivity contribution in [3.05, 3.63) is 23.9 Å². The minimum atomic E-state index is 0.650. The molecule has 2 unspecified atom stereocenters. The topological polar surface area (TPSA) is 34.1 Å². The fraction of sp³-hybridized carbons (Fsp3) is 0.643. The fourth-order valence-corrected chi connectivity index (χ4v) is 2.52. The Labute approximate surface area is 104 Å². The molecule has 1 heterocycles. The van der Waals surface area contributed by atoms with E-state index in [0.29, 0.717) is 11.9 Å². The molecule has 0 saturated heterocycles. The molecule has 94 valence electrons. The van der Waals surface area contributed by atoms with Gasteiger partial charge in [-0.25, -0.2) is 4.98 Å². The number of nitrogens with zero attached hydrogens (tertiary/aromatic N) is 1. The molecule has 1 aromatic rings. The summed E-state index contributed by atoms with van der Waals surface area (Å²) >= 11 is 0. The highest BCUT2D eigenvalue weighted by atomic mass is 16.5. The van der Waals surface area contributed by atoms with Crippen LogP contribution >= 0.6 is 0 Å². The molecule has 0 radical (unpaired) electrons. The molecule has 1 aliphatic carbocycles. The van der Waals surface area contributed by atoms with E-state index >= 15 is 0 Å². The lowest BCUT2D eigenvalue weighted by atomic mass is 9.86. The number of ether oxygens (including phenoxy) is 1. The zero-order chi connectivity index (χ0) is 12.1. The van der Waals surface area contributed by atoms with Gasteiger partial charge in [-0.1, -0.05) is 25.8 Å². The van der Waals surface area contributed by atoms with Gasteiger partial charge in [0.25, 0.3) is 0 Å². The summed E-state index contributed by atoms with van der Waals surface area (Å²) in [4.78, 5) is 4.42. The van der Waals surface area contributed by atoms with Crippen molar-refractivity contribution in [2.45, 2.75) is 45.2 Å². The molecule has 1 N–H and O–H groups in total. The summed E-state index contributed by atoms with van der Waals surface area (Å²) in [6, 6.07) is 6.57. The lowest BCUT2D eigenvalue weighted by Gasteiger charge is -2.29. The highest BCUT2D eigenvalue weighted by molar-refractivity contribution is 5.15. The Kier molecular flexibility index (Phi) is 4.37. The second kappa shape index (κ2) is 6.01. The van der Waals surface area contributed by atoms with Crippen LogP contribution in [0.2, 0.25) is 0 Å². The zero-order valence-electron chi connectivity index (χ0n) is 10.8. The number of hydrogen-bond donors (Lipinski definition) is 1. The Morgan fingerprint density at radius 3 is 2.94 bits per heavy atom. The van der Waals surface area contributed by atoms with Crippen LogP contribution in [0.25, 0.3) is 0 Å².